The zero-order chi connectivity index (χ0) is 17.3. The van der Waals surface area contributed by atoms with Gasteiger partial charge in [-0.3, -0.25) is 4.79 Å². The first-order valence-corrected chi connectivity index (χ1v) is 7.67. The first-order valence-electron chi connectivity index (χ1n) is 7.67. The van der Waals surface area contributed by atoms with E-state index in [0.717, 1.165) is 0 Å². The van der Waals surface area contributed by atoms with Crippen LogP contribution >= 0.6 is 0 Å². The molecule has 130 valence electrons. The van der Waals surface area contributed by atoms with Gasteiger partial charge in [0.05, 0.1) is 11.7 Å². The zero-order valence-corrected chi connectivity index (χ0v) is 14.6. The average Bonchev–Trinajstić information content (AvgIpc) is 2.27. The summed E-state index contributed by atoms with van der Waals surface area (Å²) in [6.45, 7) is 12.8. The van der Waals surface area contributed by atoms with Gasteiger partial charge in [-0.25, -0.2) is 0 Å². The summed E-state index contributed by atoms with van der Waals surface area (Å²) in [5.74, 6) is -0.559. The van der Waals surface area contributed by atoms with Crippen molar-refractivity contribution in [3.63, 3.8) is 0 Å². The first kappa shape index (κ1) is 19.4. The van der Waals surface area contributed by atoms with E-state index in [9.17, 15) is 15.0 Å². The lowest BCUT2D eigenvalue weighted by molar-refractivity contribution is -0.322. The fourth-order valence-corrected chi connectivity index (χ4v) is 2.44. The van der Waals surface area contributed by atoms with Gasteiger partial charge in [0.15, 0.2) is 12.4 Å². The highest BCUT2D eigenvalue weighted by Crippen LogP contribution is 2.33. The van der Waals surface area contributed by atoms with Gasteiger partial charge in [-0.1, -0.05) is 20.8 Å². The van der Waals surface area contributed by atoms with Crippen LogP contribution in [-0.2, 0) is 19.0 Å². The van der Waals surface area contributed by atoms with Crippen LogP contribution < -0.4 is 0 Å². The molecule has 1 aliphatic heterocycles. The number of hydrogen-bond donors (Lipinski definition) is 2. The zero-order valence-electron chi connectivity index (χ0n) is 14.6. The first-order chi connectivity index (χ1) is 9.80. The Morgan fingerprint density at radius 3 is 2.05 bits per heavy atom. The van der Waals surface area contributed by atoms with Gasteiger partial charge in [-0.2, -0.15) is 0 Å². The van der Waals surface area contributed by atoms with Crippen LogP contribution in [0.2, 0.25) is 0 Å². The minimum atomic E-state index is -1.25. The number of aliphatic hydroxyl groups excluding tert-OH is 2. The van der Waals surface area contributed by atoms with Crippen LogP contribution in [0.3, 0.4) is 0 Å². The van der Waals surface area contributed by atoms with Crippen LogP contribution in [-0.4, -0.2) is 52.5 Å². The van der Waals surface area contributed by atoms with Gasteiger partial charge in [-0.05, 0) is 32.6 Å². The molecule has 0 saturated carbocycles. The Labute approximate surface area is 132 Å². The van der Waals surface area contributed by atoms with Crippen molar-refractivity contribution in [3.8, 4) is 0 Å². The molecule has 1 heterocycles. The van der Waals surface area contributed by atoms with Crippen molar-refractivity contribution in [1.29, 1.82) is 0 Å². The third kappa shape index (κ3) is 5.83. The summed E-state index contributed by atoms with van der Waals surface area (Å²) >= 11 is 0. The molecule has 6 heteroatoms. The predicted molar refractivity (Wildman–Crippen MR) is 81.1 cm³/mol. The highest BCUT2D eigenvalue weighted by molar-refractivity contribution is 5.66. The van der Waals surface area contributed by atoms with E-state index < -0.39 is 42.3 Å². The fourth-order valence-electron chi connectivity index (χ4n) is 2.44. The Morgan fingerprint density at radius 1 is 1.09 bits per heavy atom. The van der Waals surface area contributed by atoms with Gasteiger partial charge >= 0.3 is 5.97 Å². The topological polar surface area (TPSA) is 85.2 Å². The van der Waals surface area contributed by atoms with Crippen molar-refractivity contribution in [3.05, 3.63) is 0 Å². The maximum Gasteiger partial charge on any atom is 0.303 e. The average molecular weight is 318 g/mol. The summed E-state index contributed by atoms with van der Waals surface area (Å²) in [7, 11) is 0. The van der Waals surface area contributed by atoms with E-state index in [1.807, 2.05) is 41.5 Å². The Hall–Kier alpha value is -0.690. The molecule has 0 amide bonds. The van der Waals surface area contributed by atoms with Gasteiger partial charge in [0.2, 0.25) is 0 Å². The highest BCUT2D eigenvalue weighted by atomic mass is 16.7. The van der Waals surface area contributed by atoms with Crippen LogP contribution in [0, 0.1) is 5.41 Å². The monoisotopic (exact) mass is 318 g/mol. The quantitative estimate of drug-likeness (QED) is 0.769. The second-order valence-electron chi connectivity index (χ2n) is 8.09. The molecular weight excluding hydrogens is 288 g/mol. The molecule has 6 nitrogen and oxygen atoms in total. The molecule has 1 fully saturated rings. The number of rotatable bonds is 3. The van der Waals surface area contributed by atoms with Crippen molar-refractivity contribution >= 4 is 5.97 Å². The number of aliphatic hydroxyl groups is 2. The van der Waals surface area contributed by atoms with E-state index in [0.29, 0.717) is 6.42 Å². The van der Waals surface area contributed by atoms with E-state index >= 15 is 0 Å². The number of hydrogen-bond acceptors (Lipinski definition) is 6. The Kier molecular flexibility index (Phi) is 6.01. The predicted octanol–water partition coefficient (Wildman–Crippen LogP) is 1.62. The fraction of sp³-hybridized carbons (Fsp3) is 0.938. The summed E-state index contributed by atoms with van der Waals surface area (Å²) in [4.78, 5) is 11.3. The van der Waals surface area contributed by atoms with E-state index in [4.69, 9.17) is 14.2 Å². The maximum atomic E-state index is 11.3. The summed E-state index contributed by atoms with van der Waals surface area (Å²) in [6.07, 6.45) is -4.41. The summed E-state index contributed by atoms with van der Waals surface area (Å²) in [6, 6.07) is 0. The van der Waals surface area contributed by atoms with Crippen molar-refractivity contribution in [2.45, 2.75) is 91.2 Å². The van der Waals surface area contributed by atoms with E-state index in [1.165, 1.54) is 6.92 Å². The summed E-state index contributed by atoms with van der Waals surface area (Å²) < 4.78 is 16.7. The van der Waals surface area contributed by atoms with E-state index in [1.54, 1.807) is 0 Å². The van der Waals surface area contributed by atoms with Crippen molar-refractivity contribution in [2.75, 3.05) is 0 Å². The molecule has 5 atom stereocenters. The Bertz CT molecular complexity index is 381. The molecule has 0 aromatic rings. The second kappa shape index (κ2) is 6.83. The minimum absolute atomic E-state index is 0.0914. The Balaban J connectivity index is 2.97. The third-order valence-electron chi connectivity index (χ3n) is 3.23. The third-order valence-corrected chi connectivity index (χ3v) is 3.23. The largest absolute Gasteiger partial charge is 0.454 e. The van der Waals surface area contributed by atoms with Crippen LogP contribution in [0.4, 0.5) is 0 Å². The number of carbonyl (C=O) groups is 1. The van der Waals surface area contributed by atoms with Gasteiger partial charge in [-0.15, -0.1) is 0 Å². The minimum Gasteiger partial charge on any atom is -0.454 e. The Morgan fingerprint density at radius 2 is 1.64 bits per heavy atom. The van der Waals surface area contributed by atoms with Crippen LogP contribution in [0.15, 0.2) is 0 Å². The lowest BCUT2D eigenvalue weighted by Crippen LogP contribution is -2.61. The lowest BCUT2D eigenvalue weighted by atomic mass is 9.84. The van der Waals surface area contributed by atoms with E-state index in [-0.39, 0.29) is 5.41 Å². The molecule has 5 unspecified atom stereocenters. The standard InChI is InChI=1S/C16H30O6/c1-9(17)20-13-12(19)11(18)10(8-15(2,3)4)21-14(13)22-16(5,6)7/h10-14,18-19H,8H2,1-7H3. The number of esters is 1. The number of ether oxygens (including phenoxy) is 3. The van der Waals surface area contributed by atoms with Crippen LogP contribution in [0.1, 0.15) is 54.9 Å². The van der Waals surface area contributed by atoms with Gasteiger partial charge in [0.1, 0.15) is 12.2 Å². The van der Waals surface area contributed by atoms with Crippen LogP contribution in [0.25, 0.3) is 0 Å². The van der Waals surface area contributed by atoms with Crippen molar-refractivity contribution in [2.24, 2.45) is 5.41 Å². The van der Waals surface area contributed by atoms with E-state index in [2.05, 4.69) is 0 Å². The van der Waals surface area contributed by atoms with Gasteiger partial charge in [0, 0.05) is 6.92 Å². The van der Waals surface area contributed by atoms with Gasteiger partial charge in [0.25, 0.3) is 0 Å². The smallest absolute Gasteiger partial charge is 0.303 e. The SMILES string of the molecule is CC(=O)OC1C(OC(C)(C)C)OC(CC(C)(C)C)C(O)C1O. The summed E-state index contributed by atoms with van der Waals surface area (Å²) in [5.41, 5.74) is -0.636. The molecule has 0 spiro atoms. The molecule has 0 aliphatic carbocycles. The molecule has 1 aliphatic rings. The molecule has 1 saturated heterocycles. The molecular formula is C16H30O6. The number of carbonyl (C=O) groups excluding carboxylic acids is 1. The highest BCUT2D eigenvalue weighted by Gasteiger charge is 2.48. The maximum absolute atomic E-state index is 11.3. The molecule has 22 heavy (non-hydrogen) atoms. The molecule has 1 rings (SSSR count). The summed E-state index contributed by atoms with van der Waals surface area (Å²) in [5, 5.41) is 20.6. The molecule has 0 aromatic heterocycles. The molecule has 0 radical (unpaired) electrons. The lowest BCUT2D eigenvalue weighted by Gasteiger charge is -2.45. The van der Waals surface area contributed by atoms with Crippen LogP contribution in [0.5, 0.6) is 0 Å². The normalized spacial score (nSPS) is 33.6. The molecule has 0 bridgehead atoms. The molecule has 2 N–H and O–H groups in total. The second-order valence-corrected chi connectivity index (χ2v) is 8.09. The van der Waals surface area contributed by atoms with Gasteiger partial charge < -0.3 is 24.4 Å². The van der Waals surface area contributed by atoms with Crippen molar-refractivity contribution < 1.29 is 29.2 Å². The molecule has 0 aromatic carbocycles. The van der Waals surface area contributed by atoms with Crippen molar-refractivity contribution in [1.82, 2.24) is 0 Å².